The second-order valence-electron chi connectivity index (χ2n) is 5.03. The largest absolute Gasteiger partial charge is 0.350 e. The molecule has 116 valence electrons. The molecule has 2 N–H and O–H groups in total. The summed E-state index contributed by atoms with van der Waals surface area (Å²) in [5.41, 5.74) is 1.55. The zero-order valence-corrected chi connectivity index (χ0v) is 12.3. The minimum atomic E-state index is -0.308. The predicted octanol–water partition coefficient (Wildman–Crippen LogP) is 2.51. The Balaban J connectivity index is 1.77. The van der Waals surface area contributed by atoms with E-state index < -0.39 is 0 Å². The first-order valence-electron chi connectivity index (χ1n) is 7.18. The Morgan fingerprint density at radius 2 is 1.91 bits per heavy atom. The molecule has 0 unspecified atom stereocenters. The van der Waals surface area contributed by atoms with Gasteiger partial charge >= 0.3 is 0 Å². The summed E-state index contributed by atoms with van der Waals surface area (Å²) in [7, 11) is 0. The first-order chi connectivity index (χ1) is 11.2. The molecule has 1 aromatic carbocycles. The van der Waals surface area contributed by atoms with Crippen LogP contribution in [0.1, 0.15) is 17.0 Å². The Labute approximate surface area is 132 Å². The van der Waals surface area contributed by atoms with Crippen molar-refractivity contribution >= 4 is 5.95 Å². The van der Waals surface area contributed by atoms with Crippen molar-refractivity contribution in [3.63, 3.8) is 0 Å². The monoisotopic (exact) mass is 310 g/mol. The molecule has 0 bridgehead atoms. The van der Waals surface area contributed by atoms with E-state index in [2.05, 4.69) is 20.3 Å². The fourth-order valence-electron chi connectivity index (χ4n) is 2.20. The molecule has 2 aromatic heterocycles. The molecule has 3 rings (SSSR count). The first kappa shape index (κ1) is 14.9. The first-order valence-corrected chi connectivity index (χ1v) is 7.18. The molecule has 2 heterocycles. The van der Waals surface area contributed by atoms with Gasteiger partial charge in [0.05, 0.1) is 17.9 Å². The molecule has 0 amide bonds. The second kappa shape index (κ2) is 6.83. The molecule has 5 nitrogen and oxygen atoms in total. The van der Waals surface area contributed by atoms with Gasteiger partial charge in [-0.05, 0) is 23.8 Å². The molecule has 0 fully saturated rings. The zero-order chi connectivity index (χ0) is 16.1. The maximum atomic E-state index is 13.7. The summed E-state index contributed by atoms with van der Waals surface area (Å²) >= 11 is 0. The van der Waals surface area contributed by atoms with Crippen molar-refractivity contribution < 1.29 is 4.39 Å². The Kier molecular flexibility index (Phi) is 4.42. The third kappa shape index (κ3) is 4.00. The molecule has 0 saturated carbocycles. The van der Waals surface area contributed by atoms with Crippen LogP contribution in [0.5, 0.6) is 0 Å². The number of benzene rings is 1. The predicted molar refractivity (Wildman–Crippen MR) is 85.6 cm³/mol. The van der Waals surface area contributed by atoms with E-state index in [0.29, 0.717) is 23.8 Å². The number of aromatic nitrogens is 3. The van der Waals surface area contributed by atoms with Gasteiger partial charge in [0.25, 0.3) is 5.56 Å². The van der Waals surface area contributed by atoms with Crippen LogP contribution in [0.2, 0.25) is 0 Å². The lowest BCUT2D eigenvalue weighted by Gasteiger charge is -2.07. The van der Waals surface area contributed by atoms with Crippen molar-refractivity contribution in [2.45, 2.75) is 13.0 Å². The van der Waals surface area contributed by atoms with Crippen molar-refractivity contribution in [2.24, 2.45) is 0 Å². The van der Waals surface area contributed by atoms with Gasteiger partial charge in [0.1, 0.15) is 5.82 Å². The van der Waals surface area contributed by atoms with Crippen molar-refractivity contribution in [1.82, 2.24) is 15.0 Å². The van der Waals surface area contributed by atoms with Crippen molar-refractivity contribution in [3.05, 3.63) is 87.9 Å². The zero-order valence-electron chi connectivity index (χ0n) is 12.3. The number of aromatic amines is 1. The number of anilines is 1. The smallest absolute Gasteiger partial charge is 0.252 e. The van der Waals surface area contributed by atoms with Crippen LogP contribution in [0.4, 0.5) is 10.3 Å². The van der Waals surface area contributed by atoms with Gasteiger partial charge in [-0.2, -0.15) is 0 Å². The van der Waals surface area contributed by atoms with Gasteiger partial charge in [-0.25, -0.2) is 9.37 Å². The number of hydrogen-bond acceptors (Lipinski definition) is 4. The average molecular weight is 310 g/mol. The van der Waals surface area contributed by atoms with E-state index in [4.69, 9.17) is 0 Å². The highest BCUT2D eigenvalue weighted by molar-refractivity contribution is 5.29. The standard InChI is InChI=1S/C17H15FN4O/c18-15-7-2-1-5-12(15)9-14-10-16(23)22-17(21-14)20-11-13-6-3-4-8-19-13/h1-8,10H,9,11H2,(H2,20,21,22,23). The summed E-state index contributed by atoms with van der Waals surface area (Å²) in [6.07, 6.45) is 1.96. The highest BCUT2D eigenvalue weighted by Crippen LogP contribution is 2.11. The Morgan fingerprint density at radius 1 is 1.09 bits per heavy atom. The highest BCUT2D eigenvalue weighted by Gasteiger charge is 2.06. The lowest BCUT2D eigenvalue weighted by atomic mass is 10.1. The SMILES string of the molecule is O=c1cc(Cc2ccccc2F)nc(NCc2ccccn2)[nH]1. The van der Waals surface area contributed by atoms with Crippen molar-refractivity contribution in [2.75, 3.05) is 5.32 Å². The Morgan fingerprint density at radius 3 is 2.70 bits per heavy atom. The van der Waals surface area contributed by atoms with Crippen molar-refractivity contribution in [1.29, 1.82) is 0 Å². The molecule has 6 heteroatoms. The molecule has 0 radical (unpaired) electrons. The van der Waals surface area contributed by atoms with E-state index in [1.165, 1.54) is 12.1 Å². The molecular weight excluding hydrogens is 295 g/mol. The van der Waals surface area contributed by atoms with Crippen LogP contribution in [0, 0.1) is 5.82 Å². The quantitative estimate of drug-likeness (QED) is 0.759. The van der Waals surface area contributed by atoms with E-state index in [-0.39, 0.29) is 17.8 Å². The van der Waals surface area contributed by atoms with Crippen LogP contribution in [-0.2, 0) is 13.0 Å². The summed E-state index contributed by atoms with van der Waals surface area (Å²) in [6.45, 7) is 0.437. The third-order valence-electron chi connectivity index (χ3n) is 3.29. The van der Waals surface area contributed by atoms with Gasteiger partial charge < -0.3 is 5.32 Å². The van der Waals surface area contributed by atoms with E-state index in [1.807, 2.05) is 18.2 Å². The number of hydrogen-bond donors (Lipinski definition) is 2. The molecule has 0 saturated heterocycles. The van der Waals surface area contributed by atoms with E-state index in [9.17, 15) is 9.18 Å². The number of nitrogens with one attached hydrogen (secondary N) is 2. The van der Waals surface area contributed by atoms with E-state index >= 15 is 0 Å². The van der Waals surface area contributed by atoms with Gasteiger partial charge in [-0.3, -0.25) is 14.8 Å². The molecular formula is C17H15FN4O. The fraction of sp³-hybridized carbons (Fsp3) is 0.118. The van der Waals surface area contributed by atoms with Gasteiger partial charge in [0, 0.05) is 18.7 Å². The molecule has 0 aliphatic carbocycles. The highest BCUT2D eigenvalue weighted by atomic mass is 19.1. The van der Waals surface area contributed by atoms with Gasteiger partial charge in [-0.1, -0.05) is 24.3 Å². The molecule has 0 atom stereocenters. The minimum absolute atomic E-state index is 0.259. The third-order valence-corrected chi connectivity index (χ3v) is 3.29. The number of halogens is 1. The number of H-pyrrole nitrogens is 1. The molecule has 0 spiro atoms. The summed E-state index contributed by atoms with van der Waals surface area (Å²) in [6, 6.07) is 13.4. The number of pyridine rings is 1. The van der Waals surface area contributed by atoms with Crippen LogP contribution in [0.3, 0.4) is 0 Å². The second-order valence-corrected chi connectivity index (χ2v) is 5.03. The van der Waals surface area contributed by atoms with Gasteiger partial charge in [0.2, 0.25) is 5.95 Å². The lowest BCUT2D eigenvalue weighted by molar-refractivity contribution is 0.613. The van der Waals surface area contributed by atoms with Crippen LogP contribution in [-0.4, -0.2) is 15.0 Å². The summed E-state index contributed by atoms with van der Waals surface area (Å²) in [5.74, 6) is 0.0343. The summed E-state index contributed by atoms with van der Waals surface area (Å²) in [5, 5.41) is 3.02. The topological polar surface area (TPSA) is 70.7 Å². The maximum Gasteiger partial charge on any atom is 0.252 e. The van der Waals surface area contributed by atoms with E-state index in [0.717, 1.165) is 5.69 Å². The number of nitrogens with zero attached hydrogens (tertiary/aromatic N) is 2. The van der Waals surface area contributed by atoms with Crippen LogP contribution >= 0.6 is 0 Å². The minimum Gasteiger partial charge on any atom is -0.350 e. The Hall–Kier alpha value is -3.02. The molecule has 23 heavy (non-hydrogen) atoms. The van der Waals surface area contributed by atoms with Crippen LogP contribution in [0.25, 0.3) is 0 Å². The van der Waals surface area contributed by atoms with Crippen LogP contribution < -0.4 is 10.9 Å². The summed E-state index contributed by atoms with van der Waals surface area (Å²) < 4.78 is 13.7. The molecule has 3 aromatic rings. The van der Waals surface area contributed by atoms with Gasteiger partial charge in [-0.15, -0.1) is 0 Å². The fourth-order valence-corrected chi connectivity index (χ4v) is 2.20. The summed E-state index contributed by atoms with van der Waals surface area (Å²) in [4.78, 5) is 22.9. The van der Waals surface area contributed by atoms with Crippen LogP contribution in [0.15, 0.2) is 59.5 Å². The lowest BCUT2D eigenvalue weighted by Crippen LogP contribution is -2.14. The Bertz CT molecular complexity index is 848. The van der Waals surface area contributed by atoms with E-state index in [1.54, 1.807) is 24.4 Å². The van der Waals surface area contributed by atoms with Gasteiger partial charge in [0.15, 0.2) is 0 Å². The normalized spacial score (nSPS) is 10.5. The average Bonchev–Trinajstić information content (AvgIpc) is 2.56. The maximum absolute atomic E-state index is 13.7. The molecule has 0 aliphatic heterocycles. The molecule has 0 aliphatic rings. The van der Waals surface area contributed by atoms with Crippen molar-refractivity contribution in [3.8, 4) is 0 Å². The number of rotatable bonds is 5.